The number of fused-ring (bicyclic) bond motifs is 1. The summed E-state index contributed by atoms with van der Waals surface area (Å²) >= 11 is 5.37. The van der Waals surface area contributed by atoms with Gasteiger partial charge in [0, 0.05) is 18.1 Å². The maximum absolute atomic E-state index is 12.4. The van der Waals surface area contributed by atoms with Gasteiger partial charge in [0.1, 0.15) is 5.76 Å². The lowest BCUT2D eigenvalue weighted by molar-refractivity contribution is 0.352. The van der Waals surface area contributed by atoms with E-state index in [0.29, 0.717) is 23.8 Å². The number of benzene rings is 1. The van der Waals surface area contributed by atoms with Gasteiger partial charge >= 0.3 is 0 Å². The van der Waals surface area contributed by atoms with E-state index in [2.05, 4.69) is 10.3 Å². The van der Waals surface area contributed by atoms with E-state index in [-0.39, 0.29) is 5.56 Å². The van der Waals surface area contributed by atoms with Crippen molar-refractivity contribution in [3.63, 3.8) is 0 Å². The van der Waals surface area contributed by atoms with Gasteiger partial charge in [-0.25, -0.2) is 0 Å². The summed E-state index contributed by atoms with van der Waals surface area (Å²) in [5.41, 5.74) is 2.52. The number of aromatic amines is 1. The van der Waals surface area contributed by atoms with Crippen LogP contribution in [0.4, 0.5) is 0 Å². The summed E-state index contributed by atoms with van der Waals surface area (Å²) in [4.78, 5) is 17.3. The van der Waals surface area contributed by atoms with Crippen molar-refractivity contribution in [2.75, 3.05) is 7.05 Å². The van der Waals surface area contributed by atoms with E-state index in [0.717, 1.165) is 22.2 Å². The Morgan fingerprint density at radius 1 is 1.29 bits per heavy atom. The fourth-order valence-electron chi connectivity index (χ4n) is 2.63. The van der Waals surface area contributed by atoms with E-state index in [1.54, 1.807) is 13.3 Å². The van der Waals surface area contributed by atoms with Crippen LogP contribution >= 0.6 is 12.2 Å². The van der Waals surface area contributed by atoms with E-state index in [4.69, 9.17) is 16.6 Å². The van der Waals surface area contributed by atoms with Crippen LogP contribution in [-0.2, 0) is 13.1 Å². The normalized spacial score (nSPS) is 10.8. The van der Waals surface area contributed by atoms with Gasteiger partial charge < -0.3 is 19.6 Å². The number of nitrogens with one attached hydrogen (secondary N) is 2. The third kappa shape index (κ3) is 3.49. The Hall–Kier alpha value is -2.60. The van der Waals surface area contributed by atoms with Gasteiger partial charge in [-0.2, -0.15) is 0 Å². The maximum atomic E-state index is 12.4. The molecule has 0 aliphatic rings. The Bertz CT molecular complexity index is 916. The molecule has 0 bridgehead atoms. The van der Waals surface area contributed by atoms with Gasteiger partial charge in [0.05, 0.1) is 19.4 Å². The fourth-order valence-corrected chi connectivity index (χ4v) is 2.76. The van der Waals surface area contributed by atoms with Crippen LogP contribution in [-0.4, -0.2) is 22.0 Å². The average Bonchev–Trinajstić information content (AvgIpc) is 3.07. The molecule has 5 nitrogen and oxygen atoms in total. The largest absolute Gasteiger partial charge is 0.467 e. The van der Waals surface area contributed by atoms with Gasteiger partial charge in [0.25, 0.3) is 5.56 Å². The van der Waals surface area contributed by atoms with Gasteiger partial charge in [0.15, 0.2) is 5.11 Å². The SMILES string of the molecule is CNC(=S)N(Cc1ccco1)Cc1cc2ccc(C)cc2[nH]c1=O. The fraction of sp³-hybridized carbons (Fsp3) is 0.222. The van der Waals surface area contributed by atoms with E-state index in [9.17, 15) is 4.79 Å². The van der Waals surface area contributed by atoms with E-state index in [1.807, 2.05) is 48.2 Å². The molecule has 0 fully saturated rings. The van der Waals surface area contributed by atoms with Crippen molar-refractivity contribution in [1.82, 2.24) is 15.2 Å². The standard InChI is InChI=1S/C18H19N3O2S/c1-12-5-6-13-9-14(17(22)20-16(13)8-12)10-21(18(24)19-2)11-15-4-3-7-23-15/h3-9H,10-11H2,1-2H3,(H,19,24)(H,20,22). The van der Waals surface area contributed by atoms with Crippen molar-refractivity contribution in [2.24, 2.45) is 0 Å². The molecule has 0 aliphatic heterocycles. The highest BCUT2D eigenvalue weighted by Crippen LogP contribution is 2.15. The van der Waals surface area contributed by atoms with Gasteiger partial charge in [-0.05, 0) is 54.4 Å². The summed E-state index contributed by atoms with van der Waals surface area (Å²) in [6.45, 7) is 2.90. The van der Waals surface area contributed by atoms with Gasteiger partial charge in [-0.15, -0.1) is 0 Å². The molecule has 2 aromatic heterocycles. The summed E-state index contributed by atoms with van der Waals surface area (Å²) in [6.07, 6.45) is 1.63. The Morgan fingerprint density at radius 3 is 2.83 bits per heavy atom. The molecule has 2 heterocycles. The van der Waals surface area contributed by atoms with E-state index >= 15 is 0 Å². The van der Waals surface area contributed by atoms with Gasteiger partial charge in [-0.3, -0.25) is 4.79 Å². The Kier molecular flexibility index (Phi) is 4.66. The lowest BCUT2D eigenvalue weighted by Gasteiger charge is -2.23. The molecular formula is C18H19N3O2S. The number of aryl methyl sites for hydroxylation is 1. The second-order valence-corrected chi connectivity index (χ2v) is 6.09. The third-order valence-electron chi connectivity index (χ3n) is 3.87. The first-order valence-corrected chi connectivity index (χ1v) is 8.09. The molecule has 0 spiro atoms. The molecular weight excluding hydrogens is 322 g/mol. The van der Waals surface area contributed by atoms with Crippen LogP contribution in [0.5, 0.6) is 0 Å². The van der Waals surface area contributed by atoms with Crippen LogP contribution in [0.3, 0.4) is 0 Å². The summed E-state index contributed by atoms with van der Waals surface area (Å²) in [6, 6.07) is 11.7. The first-order valence-electron chi connectivity index (χ1n) is 7.68. The first-order chi connectivity index (χ1) is 11.6. The number of H-pyrrole nitrogens is 1. The van der Waals surface area contributed by atoms with Crippen molar-refractivity contribution in [1.29, 1.82) is 0 Å². The lowest BCUT2D eigenvalue weighted by atomic mass is 10.1. The van der Waals surface area contributed by atoms with Crippen LogP contribution in [0, 0.1) is 6.92 Å². The van der Waals surface area contributed by atoms with Crippen molar-refractivity contribution < 1.29 is 4.42 Å². The average molecular weight is 341 g/mol. The number of thiocarbonyl (C=S) groups is 1. The van der Waals surface area contributed by atoms with Crippen LogP contribution < -0.4 is 10.9 Å². The Morgan fingerprint density at radius 2 is 2.12 bits per heavy atom. The molecule has 0 unspecified atom stereocenters. The molecule has 24 heavy (non-hydrogen) atoms. The quantitative estimate of drug-likeness (QED) is 0.715. The highest BCUT2D eigenvalue weighted by atomic mass is 32.1. The molecule has 1 aromatic carbocycles. The second-order valence-electron chi connectivity index (χ2n) is 5.70. The smallest absolute Gasteiger partial charge is 0.253 e. The lowest BCUT2D eigenvalue weighted by Crippen LogP contribution is -2.38. The number of hydrogen-bond acceptors (Lipinski definition) is 3. The minimum atomic E-state index is -0.101. The molecule has 0 saturated heterocycles. The number of nitrogens with zero attached hydrogens (tertiary/aromatic N) is 1. The van der Waals surface area contributed by atoms with Crippen LogP contribution in [0.2, 0.25) is 0 Å². The number of rotatable bonds is 4. The van der Waals surface area contributed by atoms with Crippen molar-refractivity contribution >= 4 is 28.2 Å². The number of aromatic nitrogens is 1. The molecule has 2 N–H and O–H groups in total. The monoisotopic (exact) mass is 341 g/mol. The van der Waals surface area contributed by atoms with Crippen molar-refractivity contribution in [2.45, 2.75) is 20.0 Å². The molecule has 124 valence electrons. The molecule has 0 atom stereocenters. The zero-order valence-corrected chi connectivity index (χ0v) is 14.4. The number of furan rings is 1. The minimum Gasteiger partial charge on any atom is -0.467 e. The van der Waals surface area contributed by atoms with Crippen LogP contribution in [0.15, 0.2) is 51.9 Å². The highest BCUT2D eigenvalue weighted by Gasteiger charge is 2.14. The molecule has 6 heteroatoms. The third-order valence-corrected chi connectivity index (χ3v) is 4.33. The van der Waals surface area contributed by atoms with E-state index in [1.165, 1.54) is 0 Å². The summed E-state index contributed by atoms with van der Waals surface area (Å²) in [5.74, 6) is 0.792. The topological polar surface area (TPSA) is 61.3 Å². The van der Waals surface area contributed by atoms with Crippen molar-refractivity contribution in [3.8, 4) is 0 Å². The summed E-state index contributed by atoms with van der Waals surface area (Å²) in [7, 11) is 1.77. The van der Waals surface area contributed by atoms with Gasteiger partial charge in [-0.1, -0.05) is 12.1 Å². The molecule has 3 rings (SSSR count). The molecule has 0 radical (unpaired) electrons. The van der Waals surface area contributed by atoms with Gasteiger partial charge in [0.2, 0.25) is 0 Å². The second kappa shape index (κ2) is 6.88. The zero-order chi connectivity index (χ0) is 17.1. The minimum absolute atomic E-state index is 0.101. The number of hydrogen-bond donors (Lipinski definition) is 2. The highest BCUT2D eigenvalue weighted by molar-refractivity contribution is 7.80. The van der Waals surface area contributed by atoms with Crippen molar-refractivity contribution in [3.05, 3.63) is 69.9 Å². The molecule has 0 saturated carbocycles. The first kappa shape index (κ1) is 16.3. The molecule has 0 aliphatic carbocycles. The van der Waals surface area contributed by atoms with Crippen LogP contribution in [0.25, 0.3) is 10.9 Å². The Labute approximate surface area is 145 Å². The molecule has 0 amide bonds. The molecule has 3 aromatic rings. The maximum Gasteiger partial charge on any atom is 0.253 e. The zero-order valence-electron chi connectivity index (χ0n) is 13.6. The summed E-state index contributed by atoms with van der Waals surface area (Å²) < 4.78 is 5.39. The van der Waals surface area contributed by atoms with E-state index < -0.39 is 0 Å². The Balaban J connectivity index is 1.92. The summed E-state index contributed by atoms with van der Waals surface area (Å²) in [5, 5.41) is 4.53. The predicted molar refractivity (Wildman–Crippen MR) is 98.9 cm³/mol. The predicted octanol–water partition coefficient (Wildman–Crippen LogP) is 2.94. The van der Waals surface area contributed by atoms with Crippen LogP contribution in [0.1, 0.15) is 16.9 Å². The number of pyridine rings is 1.